The summed E-state index contributed by atoms with van der Waals surface area (Å²) in [6, 6.07) is 8.89. The first kappa shape index (κ1) is 17.9. The van der Waals surface area contributed by atoms with Crippen molar-refractivity contribution in [3.63, 3.8) is 0 Å². The van der Waals surface area contributed by atoms with Crippen LogP contribution in [0.25, 0.3) is 0 Å². The quantitative estimate of drug-likeness (QED) is 0.652. The Balaban J connectivity index is 1.93. The highest BCUT2D eigenvalue weighted by Gasteiger charge is 2.25. The molecule has 0 atom stereocenters. The maximum atomic E-state index is 12.7. The van der Waals surface area contributed by atoms with Crippen molar-refractivity contribution in [2.75, 3.05) is 16.2 Å². The zero-order chi connectivity index (χ0) is 19.1. The molecule has 0 unspecified atom stereocenters. The first-order chi connectivity index (χ1) is 12.2. The predicted molar refractivity (Wildman–Crippen MR) is 96.8 cm³/mol. The molecular formula is C17H17N3O5S. The van der Waals surface area contributed by atoms with Gasteiger partial charge >= 0.3 is 0 Å². The van der Waals surface area contributed by atoms with Crippen molar-refractivity contribution >= 4 is 33.0 Å². The van der Waals surface area contributed by atoms with Crippen LogP contribution in [0.4, 0.5) is 17.1 Å². The van der Waals surface area contributed by atoms with Crippen LogP contribution in [0.15, 0.2) is 41.3 Å². The second kappa shape index (κ2) is 6.41. The Hall–Kier alpha value is -2.94. The summed E-state index contributed by atoms with van der Waals surface area (Å²) < 4.78 is 27.8. The van der Waals surface area contributed by atoms with Gasteiger partial charge in [-0.2, -0.15) is 0 Å². The van der Waals surface area contributed by atoms with Crippen LogP contribution in [0.1, 0.15) is 18.1 Å². The van der Waals surface area contributed by atoms with Crippen LogP contribution in [0, 0.1) is 17.0 Å². The SMILES string of the molecule is CC(=O)N1CCc2cc(NS(=O)(=O)c3cccc([N+](=O)[O-])c3C)ccc21. The molecule has 0 aliphatic carbocycles. The van der Waals surface area contributed by atoms with Crippen molar-refractivity contribution in [1.82, 2.24) is 0 Å². The number of hydrogen-bond acceptors (Lipinski definition) is 5. The van der Waals surface area contributed by atoms with E-state index in [0.717, 1.165) is 11.3 Å². The topological polar surface area (TPSA) is 110 Å². The fourth-order valence-electron chi connectivity index (χ4n) is 3.09. The normalized spacial score (nSPS) is 13.4. The van der Waals surface area contributed by atoms with Crippen molar-refractivity contribution in [2.24, 2.45) is 0 Å². The number of sulfonamides is 1. The molecule has 0 saturated carbocycles. The highest BCUT2D eigenvalue weighted by Crippen LogP contribution is 2.32. The number of carbonyl (C=O) groups excluding carboxylic acids is 1. The summed E-state index contributed by atoms with van der Waals surface area (Å²) in [6.07, 6.45) is 0.639. The number of nitrogens with zero attached hydrogens (tertiary/aromatic N) is 2. The number of benzene rings is 2. The molecule has 1 N–H and O–H groups in total. The third-order valence-electron chi connectivity index (χ3n) is 4.35. The molecule has 1 aliphatic heterocycles. The number of hydrogen-bond donors (Lipinski definition) is 1. The highest BCUT2D eigenvalue weighted by atomic mass is 32.2. The molecule has 1 amide bonds. The maximum absolute atomic E-state index is 12.7. The number of amides is 1. The maximum Gasteiger partial charge on any atom is 0.273 e. The first-order valence-corrected chi connectivity index (χ1v) is 9.37. The van der Waals surface area contributed by atoms with E-state index in [1.165, 1.54) is 32.0 Å². The molecule has 2 aromatic carbocycles. The minimum atomic E-state index is -3.98. The minimum Gasteiger partial charge on any atom is -0.312 e. The van der Waals surface area contributed by atoms with Gasteiger partial charge in [0.2, 0.25) is 5.91 Å². The minimum absolute atomic E-state index is 0.0655. The number of carbonyl (C=O) groups is 1. The average Bonchev–Trinajstić information content (AvgIpc) is 2.97. The van der Waals surface area contributed by atoms with Gasteiger partial charge in [0.1, 0.15) is 0 Å². The lowest BCUT2D eigenvalue weighted by Gasteiger charge is -2.15. The summed E-state index contributed by atoms with van der Waals surface area (Å²) in [6.45, 7) is 3.45. The van der Waals surface area contributed by atoms with Gasteiger partial charge in [-0.15, -0.1) is 0 Å². The van der Waals surface area contributed by atoms with Crippen molar-refractivity contribution in [2.45, 2.75) is 25.2 Å². The van der Waals surface area contributed by atoms with Crippen LogP contribution in [-0.4, -0.2) is 25.8 Å². The van der Waals surface area contributed by atoms with E-state index in [4.69, 9.17) is 0 Å². The monoisotopic (exact) mass is 375 g/mol. The zero-order valence-electron chi connectivity index (χ0n) is 14.2. The van der Waals surface area contributed by atoms with Crippen LogP contribution in [0.2, 0.25) is 0 Å². The summed E-state index contributed by atoms with van der Waals surface area (Å²) in [4.78, 5) is 23.5. The molecule has 136 valence electrons. The summed E-state index contributed by atoms with van der Waals surface area (Å²) in [5, 5.41) is 11.0. The third kappa shape index (κ3) is 3.13. The average molecular weight is 375 g/mol. The molecule has 0 aromatic heterocycles. The Morgan fingerprint density at radius 3 is 2.65 bits per heavy atom. The van der Waals surface area contributed by atoms with Crippen LogP contribution < -0.4 is 9.62 Å². The van der Waals surface area contributed by atoms with Crippen molar-refractivity contribution < 1.29 is 18.1 Å². The molecule has 0 saturated heterocycles. The van der Waals surface area contributed by atoms with Gasteiger partial charge in [-0.1, -0.05) is 6.07 Å². The lowest BCUT2D eigenvalue weighted by atomic mass is 10.1. The van der Waals surface area contributed by atoms with E-state index in [9.17, 15) is 23.3 Å². The van der Waals surface area contributed by atoms with E-state index in [0.29, 0.717) is 18.7 Å². The van der Waals surface area contributed by atoms with E-state index in [2.05, 4.69) is 4.72 Å². The lowest BCUT2D eigenvalue weighted by Crippen LogP contribution is -2.25. The predicted octanol–water partition coefficient (Wildman–Crippen LogP) is 2.61. The Morgan fingerprint density at radius 2 is 2.00 bits per heavy atom. The summed E-state index contributed by atoms with van der Waals surface area (Å²) in [5.41, 5.74) is 1.82. The molecular weight excluding hydrogens is 358 g/mol. The Bertz CT molecular complexity index is 1020. The highest BCUT2D eigenvalue weighted by molar-refractivity contribution is 7.92. The van der Waals surface area contributed by atoms with Crippen molar-refractivity contribution in [3.05, 3.63) is 57.6 Å². The third-order valence-corrected chi connectivity index (χ3v) is 5.87. The molecule has 0 fully saturated rings. The van der Waals surface area contributed by atoms with Gasteiger partial charge < -0.3 is 4.90 Å². The number of nitro groups is 1. The van der Waals surface area contributed by atoms with Crippen LogP contribution >= 0.6 is 0 Å². The van der Waals surface area contributed by atoms with E-state index < -0.39 is 14.9 Å². The van der Waals surface area contributed by atoms with E-state index in [1.54, 1.807) is 23.1 Å². The van der Waals surface area contributed by atoms with E-state index in [-0.39, 0.29) is 22.1 Å². The van der Waals surface area contributed by atoms with Gasteiger partial charge in [-0.05, 0) is 43.2 Å². The second-order valence-electron chi connectivity index (χ2n) is 6.03. The molecule has 9 heteroatoms. The Morgan fingerprint density at radius 1 is 1.27 bits per heavy atom. The number of anilines is 2. The molecule has 3 rings (SSSR count). The van der Waals surface area contributed by atoms with Crippen molar-refractivity contribution in [1.29, 1.82) is 0 Å². The lowest BCUT2D eigenvalue weighted by molar-refractivity contribution is -0.385. The standard InChI is InChI=1S/C17H17N3O5S/c1-11-15(20(22)23)4-3-5-17(11)26(24,25)18-14-6-7-16-13(10-14)8-9-19(16)12(2)21/h3-7,10,18H,8-9H2,1-2H3. The molecule has 1 heterocycles. The summed E-state index contributed by atoms with van der Waals surface area (Å²) in [5.74, 6) is -0.0655. The first-order valence-electron chi connectivity index (χ1n) is 7.88. The number of nitro benzene ring substituents is 1. The smallest absolute Gasteiger partial charge is 0.273 e. The van der Waals surface area contributed by atoms with Gasteiger partial charge in [-0.3, -0.25) is 19.6 Å². The Labute approximate surface area is 150 Å². The van der Waals surface area contributed by atoms with Crippen LogP contribution in [0.5, 0.6) is 0 Å². The van der Waals surface area contributed by atoms with E-state index in [1.807, 2.05) is 0 Å². The molecule has 1 aliphatic rings. The largest absolute Gasteiger partial charge is 0.312 e. The molecule has 0 radical (unpaired) electrons. The number of rotatable bonds is 4. The number of nitrogens with one attached hydrogen (secondary N) is 1. The second-order valence-corrected chi connectivity index (χ2v) is 7.68. The Kier molecular flexibility index (Phi) is 4.41. The van der Waals surface area contributed by atoms with E-state index >= 15 is 0 Å². The molecule has 26 heavy (non-hydrogen) atoms. The van der Waals surface area contributed by atoms with Crippen molar-refractivity contribution in [3.8, 4) is 0 Å². The fourth-order valence-corrected chi connectivity index (χ4v) is 4.41. The van der Waals surface area contributed by atoms with Gasteiger partial charge in [0.25, 0.3) is 15.7 Å². The molecule has 8 nitrogen and oxygen atoms in total. The summed E-state index contributed by atoms with van der Waals surface area (Å²) in [7, 11) is -3.98. The number of fused-ring (bicyclic) bond motifs is 1. The van der Waals surface area contributed by atoms with Gasteiger partial charge in [-0.25, -0.2) is 8.42 Å². The van der Waals surface area contributed by atoms with Gasteiger partial charge in [0.15, 0.2) is 0 Å². The van der Waals surface area contributed by atoms with Crippen LogP contribution in [0.3, 0.4) is 0 Å². The fraction of sp³-hybridized carbons (Fsp3) is 0.235. The van der Waals surface area contributed by atoms with Gasteiger partial charge in [0.05, 0.1) is 9.82 Å². The van der Waals surface area contributed by atoms with Crippen LogP contribution in [-0.2, 0) is 21.2 Å². The molecule has 0 bridgehead atoms. The zero-order valence-corrected chi connectivity index (χ0v) is 15.0. The van der Waals surface area contributed by atoms with Gasteiger partial charge in [0, 0.05) is 36.5 Å². The molecule has 0 spiro atoms. The summed E-state index contributed by atoms with van der Waals surface area (Å²) >= 11 is 0. The molecule has 2 aromatic rings.